The van der Waals surface area contributed by atoms with Crippen molar-refractivity contribution in [1.82, 2.24) is 4.57 Å². The summed E-state index contributed by atoms with van der Waals surface area (Å²) in [6.45, 7) is 0. The van der Waals surface area contributed by atoms with Crippen LogP contribution in [0.5, 0.6) is 28.7 Å². The molecular weight excluding hydrogens is 895 g/mol. The van der Waals surface area contributed by atoms with Gasteiger partial charge in [-0.3, -0.25) is 4.79 Å². The van der Waals surface area contributed by atoms with Crippen LogP contribution in [-0.4, -0.2) is 30.1 Å². The van der Waals surface area contributed by atoms with E-state index >= 15 is 4.79 Å². The van der Waals surface area contributed by atoms with Gasteiger partial charge in [0.2, 0.25) is 5.43 Å². The van der Waals surface area contributed by atoms with E-state index in [0.29, 0.717) is 33.3 Å². The summed E-state index contributed by atoms with van der Waals surface area (Å²) >= 11 is 0. The van der Waals surface area contributed by atoms with Gasteiger partial charge < -0.3 is 34.5 Å². The number of phenols is 5. The second-order valence-electron chi connectivity index (χ2n) is 18.5. The number of phenolic OH excluding ortho intramolecular Hbond substituents is 5. The molecule has 0 radical (unpaired) electrons. The highest BCUT2D eigenvalue weighted by Crippen LogP contribution is 2.63. The summed E-state index contributed by atoms with van der Waals surface area (Å²) in [5, 5.41) is 69.3. The Hall–Kier alpha value is -9.79. The summed E-state index contributed by atoms with van der Waals surface area (Å²) in [4.78, 5) is 15.8. The molecule has 0 fully saturated rings. The van der Waals surface area contributed by atoms with Crippen molar-refractivity contribution in [3.63, 3.8) is 0 Å². The average Bonchev–Trinajstić information content (AvgIpc) is 3.97. The molecule has 5 N–H and O–H groups in total. The fraction of sp³-hybridized carbons (Fsp3) is 0.0156. The zero-order chi connectivity index (χ0) is 48.6. The van der Waals surface area contributed by atoms with Crippen LogP contribution in [0, 0.1) is 0 Å². The Balaban J connectivity index is 1.14. The first-order valence-electron chi connectivity index (χ1n) is 23.7. The minimum absolute atomic E-state index is 0.141. The largest absolute Gasteiger partial charge is 0.506 e. The van der Waals surface area contributed by atoms with E-state index in [1.807, 2.05) is 194 Å². The Bertz CT molecular complexity index is 4480. The molecule has 0 aliphatic heterocycles. The van der Waals surface area contributed by atoms with E-state index in [4.69, 9.17) is 4.42 Å². The highest BCUT2D eigenvalue weighted by Gasteiger charge is 2.50. The van der Waals surface area contributed by atoms with Crippen molar-refractivity contribution in [1.29, 1.82) is 0 Å². The Labute approximate surface area is 410 Å². The quantitative estimate of drug-likeness (QED) is 0.0502. The fourth-order valence-corrected chi connectivity index (χ4v) is 12.0. The summed E-state index contributed by atoms with van der Waals surface area (Å²) in [5.74, 6) is -2.78. The molecule has 0 atom stereocenters. The lowest BCUT2D eigenvalue weighted by Gasteiger charge is -2.34. The first-order chi connectivity index (χ1) is 35.3. The molecule has 72 heavy (non-hydrogen) atoms. The van der Waals surface area contributed by atoms with Crippen LogP contribution in [0.15, 0.2) is 215 Å². The minimum atomic E-state index is -1.23. The summed E-state index contributed by atoms with van der Waals surface area (Å²) < 4.78 is 7.89. The van der Waals surface area contributed by atoms with Gasteiger partial charge in [0.25, 0.3) is 0 Å². The Morgan fingerprint density at radius 3 is 1.69 bits per heavy atom. The number of hydrogen-bond donors (Lipinski definition) is 5. The second-order valence-corrected chi connectivity index (χ2v) is 18.5. The third-order valence-corrected chi connectivity index (χ3v) is 15.0. The molecule has 2 heterocycles. The molecule has 8 nitrogen and oxygen atoms in total. The SMILES string of the molecule is O=c1c2c(O)c(-c3cc4ccccc4c4ccccc34)c(O)c(O)c2n(-c2ccc(-c3cccc4c3oc3ccccc34)cc2)c2c(O)c3c(c(O)c12)-c1ccccc1C3(c1ccccc1)c1ccccc1. The van der Waals surface area contributed by atoms with Crippen LogP contribution in [0.3, 0.4) is 0 Å². The van der Waals surface area contributed by atoms with Gasteiger partial charge in [0.15, 0.2) is 11.5 Å². The van der Waals surface area contributed by atoms with Crippen molar-refractivity contribution in [3.05, 3.63) is 239 Å². The van der Waals surface area contributed by atoms with Crippen molar-refractivity contribution in [2.75, 3.05) is 0 Å². The molecule has 0 bridgehead atoms. The number of fused-ring (bicyclic) bond motifs is 11. The summed E-state index contributed by atoms with van der Waals surface area (Å²) in [6.07, 6.45) is 0. The smallest absolute Gasteiger partial charge is 0.205 e. The van der Waals surface area contributed by atoms with E-state index in [1.54, 1.807) is 12.1 Å². The molecule has 0 saturated heterocycles. The summed E-state index contributed by atoms with van der Waals surface area (Å²) in [5.41, 5.74) is 4.60. The van der Waals surface area contributed by atoms with Gasteiger partial charge >= 0.3 is 0 Å². The van der Waals surface area contributed by atoms with Crippen LogP contribution in [0.2, 0.25) is 0 Å². The van der Waals surface area contributed by atoms with Gasteiger partial charge in [-0.15, -0.1) is 0 Å². The van der Waals surface area contributed by atoms with Crippen LogP contribution in [0.25, 0.3) is 104 Å². The highest BCUT2D eigenvalue weighted by atomic mass is 16.3. The van der Waals surface area contributed by atoms with E-state index in [9.17, 15) is 25.5 Å². The van der Waals surface area contributed by atoms with Gasteiger partial charge in [-0.2, -0.15) is 0 Å². The number of pyridine rings is 1. The van der Waals surface area contributed by atoms with Gasteiger partial charge in [0.05, 0.1) is 21.8 Å². The predicted octanol–water partition coefficient (Wildman–Crippen LogP) is 14.6. The van der Waals surface area contributed by atoms with E-state index < -0.39 is 33.8 Å². The monoisotopic (exact) mass is 933 g/mol. The van der Waals surface area contributed by atoms with Gasteiger partial charge in [-0.1, -0.05) is 182 Å². The predicted molar refractivity (Wildman–Crippen MR) is 286 cm³/mol. The molecule has 0 spiro atoms. The molecule has 0 saturated carbocycles. The maximum atomic E-state index is 15.8. The lowest BCUT2D eigenvalue weighted by atomic mass is 9.67. The molecule has 1 aliphatic rings. The molecular formula is C64H39NO7. The van der Waals surface area contributed by atoms with Crippen LogP contribution in [-0.2, 0) is 5.41 Å². The summed E-state index contributed by atoms with van der Waals surface area (Å²) in [7, 11) is 0. The maximum absolute atomic E-state index is 15.8. The minimum Gasteiger partial charge on any atom is -0.506 e. The third-order valence-electron chi connectivity index (χ3n) is 15.0. The molecule has 11 aromatic carbocycles. The molecule has 2 aromatic heterocycles. The number of aromatic nitrogens is 1. The zero-order valence-electron chi connectivity index (χ0n) is 38.1. The van der Waals surface area contributed by atoms with Crippen molar-refractivity contribution in [2.45, 2.75) is 5.41 Å². The van der Waals surface area contributed by atoms with Crippen LogP contribution < -0.4 is 5.43 Å². The number of nitrogens with zero attached hydrogens (tertiary/aromatic N) is 1. The highest BCUT2D eigenvalue weighted by molar-refractivity contribution is 6.18. The van der Waals surface area contributed by atoms with E-state index in [1.165, 1.54) is 4.57 Å². The van der Waals surface area contributed by atoms with E-state index in [0.717, 1.165) is 60.3 Å². The zero-order valence-corrected chi connectivity index (χ0v) is 38.1. The summed E-state index contributed by atoms with van der Waals surface area (Å²) in [6, 6.07) is 65.3. The lowest BCUT2D eigenvalue weighted by molar-refractivity contribution is 0.403. The molecule has 14 rings (SSSR count). The molecule has 1 aliphatic carbocycles. The van der Waals surface area contributed by atoms with Crippen LogP contribution in [0.4, 0.5) is 0 Å². The average molecular weight is 934 g/mol. The first-order valence-corrected chi connectivity index (χ1v) is 23.7. The van der Waals surface area contributed by atoms with Crippen LogP contribution >= 0.6 is 0 Å². The van der Waals surface area contributed by atoms with Gasteiger partial charge in [0, 0.05) is 33.2 Å². The van der Waals surface area contributed by atoms with E-state index in [-0.39, 0.29) is 38.7 Å². The lowest BCUT2D eigenvalue weighted by Crippen LogP contribution is -2.29. The number of benzene rings is 11. The van der Waals surface area contributed by atoms with Gasteiger partial charge in [0.1, 0.15) is 39.4 Å². The van der Waals surface area contributed by atoms with Crippen molar-refractivity contribution in [3.8, 4) is 67.8 Å². The third kappa shape index (κ3) is 5.37. The Morgan fingerprint density at radius 1 is 0.417 bits per heavy atom. The molecule has 0 amide bonds. The van der Waals surface area contributed by atoms with Gasteiger partial charge in [-0.25, -0.2) is 0 Å². The normalized spacial score (nSPS) is 12.9. The molecule has 13 aromatic rings. The van der Waals surface area contributed by atoms with Crippen molar-refractivity contribution in [2.24, 2.45) is 0 Å². The van der Waals surface area contributed by atoms with Crippen LogP contribution in [0.1, 0.15) is 22.3 Å². The fourth-order valence-electron chi connectivity index (χ4n) is 12.0. The first kappa shape index (κ1) is 41.2. The molecule has 0 unspecified atom stereocenters. The second kappa shape index (κ2) is 15.1. The van der Waals surface area contributed by atoms with Crippen molar-refractivity contribution >= 4 is 65.3 Å². The Kier molecular flexibility index (Phi) is 8.64. The number of rotatable bonds is 5. The number of para-hydroxylation sites is 2. The molecule has 342 valence electrons. The Morgan fingerprint density at radius 2 is 0.972 bits per heavy atom. The van der Waals surface area contributed by atoms with E-state index in [2.05, 4.69) is 0 Å². The standard InChI is InChI=1S/C64H39NO7/c66-57-50-46-25-11-13-28-48(46)64(37-17-3-1-4-18-37,38-19-5-2-6-20-38)54(50)61(70)55-52(57)59(68)53-56(62(71)60(69)51(58(53)67)47-34-36-16-7-8-21-40(36)42-22-9-10-23-43(42)47)65(55)39-32-30-35(31-33-39)41-26-15-27-45-44-24-12-14-29-49(44)72-63(41)45/h1-34,66-67,69-71H. The van der Waals surface area contributed by atoms with Gasteiger partial charge in [-0.05, 0) is 79.2 Å². The number of aromatic hydroxyl groups is 5. The number of hydrogen-bond acceptors (Lipinski definition) is 7. The number of furan rings is 1. The topological polar surface area (TPSA) is 136 Å². The molecule has 8 heteroatoms. The van der Waals surface area contributed by atoms with Crippen molar-refractivity contribution < 1.29 is 29.9 Å². The maximum Gasteiger partial charge on any atom is 0.205 e.